The first-order valence-electron chi connectivity index (χ1n) is 5.12. The number of carbonyl (C=O) groups is 1. The van der Waals surface area contributed by atoms with E-state index in [4.69, 9.17) is 14.5 Å². The molecule has 0 aliphatic heterocycles. The van der Waals surface area contributed by atoms with E-state index in [-0.39, 0.29) is 19.2 Å². The summed E-state index contributed by atoms with van der Waals surface area (Å²) in [7, 11) is -4.47. The van der Waals surface area contributed by atoms with E-state index in [2.05, 4.69) is 4.52 Å². The van der Waals surface area contributed by atoms with Crippen molar-refractivity contribution in [3.63, 3.8) is 0 Å². The molecule has 0 aromatic carbocycles. The van der Waals surface area contributed by atoms with Crippen LogP contribution in [-0.4, -0.2) is 29.0 Å². The molecule has 0 saturated carbocycles. The van der Waals surface area contributed by atoms with Crippen LogP contribution in [0, 0.1) is 5.41 Å². The number of hydrogen-bond donors (Lipinski definition) is 2. The van der Waals surface area contributed by atoms with Crippen molar-refractivity contribution in [2.45, 2.75) is 33.6 Å². The average Bonchev–Trinajstić information content (AvgIpc) is 2.21. The summed E-state index contributed by atoms with van der Waals surface area (Å²) in [6, 6.07) is 0. The summed E-state index contributed by atoms with van der Waals surface area (Å²) in [5.41, 5.74) is -0.540. The van der Waals surface area contributed by atoms with Crippen molar-refractivity contribution in [2.24, 2.45) is 5.41 Å². The highest BCUT2D eigenvalue weighted by Gasteiger charge is 2.30. The predicted octanol–water partition coefficient (Wildman–Crippen LogP) is 1.47. The van der Waals surface area contributed by atoms with Crippen LogP contribution in [0.1, 0.15) is 33.6 Å². The first kappa shape index (κ1) is 15.6. The van der Waals surface area contributed by atoms with Crippen LogP contribution in [0.4, 0.5) is 0 Å². The van der Waals surface area contributed by atoms with E-state index in [0.717, 1.165) is 0 Å². The number of hydrogen-bond acceptors (Lipinski definition) is 4. The minimum Gasteiger partial charge on any atom is -0.463 e. The Balaban J connectivity index is 3.95. The molecule has 0 radical (unpaired) electrons. The summed E-state index contributed by atoms with van der Waals surface area (Å²) in [5.74, 6) is -0.369. The van der Waals surface area contributed by atoms with Gasteiger partial charge in [0.1, 0.15) is 6.61 Å². The number of phosphoric ester groups is 1. The average molecular weight is 254 g/mol. The van der Waals surface area contributed by atoms with Crippen molar-refractivity contribution in [1.82, 2.24) is 0 Å². The fourth-order valence-corrected chi connectivity index (χ4v) is 1.32. The Morgan fingerprint density at radius 3 is 2.12 bits per heavy atom. The molecule has 0 rings (SSSR count). The van der Waals surface area contributed by atoms with Crippen molar-refractivity contribution < 1.29 is 28.4 Å². The van der Waals surface area contributed by atoms with Crippen LogP contribution in [0.2, 0.25) is 0 Å². The second kappa shape index (κ2) is 6.35. The van der Waals surface area contributed by atoms with Crippen molar-refractivity contribution in [3.05, 3.63) is 0 Å². The number of rotatable bonds is 7. The van der Waals surface area contributed by atoms with Crippen LogP contribution in [0.15, 0.2) is 0 Å². The van der Waals surface area contributed by atoms with Gasteiger partial charge in [-0.05, 0) is 19.8 Å². The first-order chi connectivity index (χ1) is 7.25. The molecule has 96 valence electrons. The second-order valence-corrected chi connectivity index (χ2v) is 4.97. The first-order valence-corrected chi connectivity index (χ1v) is 6.65. The standard InChI is InChI=1S/C9H19O6P/c1-4-9(3,5-2)8(10)14-6-7-15-16(11,12)13/h4-7H2,1-3H3,(H2,11,12,13). The molecule has 0 heterocycles. The van der Waals surface area contributed by atoms with E-state index in [1.807, 2.05) is 13.8 Å². The quantitative estimate of drug-likeness (QED) is 0.406. The molecule has 0 aliphatic rings. The minimum absolute atomic E-state index is 0.153. The lowest BCUT2D eigenvalue weighted by Gasteiger charge is -2.23. The number of phosphoric acid groups is 1. The Kier molecular flexibility index (Phi) is 6.18. The maximum absolute atomic E-state index is 11.6. The third-order valence-electron chi connectivity index (χ3n) is 2.63. The maximum Gasteiger partial charge on any atom is 0.469 e. The summed E-state index contributed by atoms with van der Waals surface area (Å²) in [6.07, 6.45) is 1.31. The number of esters is 1. The van der Waals surface area contributed by atoms with Gasteiger partial charge in [0, 0.05) is 0 Å². The molecule has 0 atom stereocenters. The van der Waals surface area contributed by atoms with Gasteiger partial charge in [-0.1, -0.05) is 13.8 Å². The van der Waals surface area contributed by atoms with Gasteiger partial charge in [0.05, 0.1) is 12.0 Å². The summed E-state index contributed by atoms with van der Waals surface area (Å²) >= 11 is 0. The molecule has 6 nitrogen and oxygen atoms in total. The van der Waals surface area contributed by atoms with Gasteiger partial charge < -0.3 is 14.5 Å². The molecule has 0 bridgehead atoms. The zero-order valence-electron chi connectivity index (χ0n) is 9.80. The fraction of sp³-hybridized carbons (Fsp3) is 0.889. The van der Waals surface area contributed by atoms with E-state index in [0.29, 0.717) is 12.8 Å². The van der Waals surface area contributed by atoms with Gasteiger partial charge in [-0.25, -0.2) is 4.57 Å². The van der Waals surface area contributed by atoms with E-state index >= 15 is 0 Å². The molecule has 0 aromatic heterocycles. The van der Waals surface area contributed by atoms with Gasteiger partial charge in [-0.15, -0.1) is 0 Å². The zero-order chi connectivity index (χ0) is 12.8. The molecule has 0 aliphatic carbocycles. The van der Waals surface area contributed by atoms with Crippen LogP contribution < -0.4 is 0 Å². The van der Waals surface area contributed by atoms with Gasteiger partial charge in [-0.3, -0.25) is 9.32 Å². The number of carbonyl (C=O) groups excluding carboxylic acids is 1. The fourth-order valence-electron chi connectivity index (χ4n) is 1.00. The van der Waals surface area contributed by atoms with Crippen molar-refractivity contribution in [3.8, 4) is 0 Å². The molecule has 0 amide bonds. The molecule has 0 aromatic rings. The summed E-state index contributed by atoms with van der Waals surface area (Å²) in [6.45, 7) is 5.10. The lowest BCUT2D eigenvalue weighted by Crippen LogP contribution is -2.29. The lowest BCUT2D eigenvalue weighted by atomic mass is 9.85. The van der Waals surface area contributed by atoms with Crippen LogP contribution in [0.3, 0.4) is 0 Å². The van der Waals surface area contributed by atoms with E-state index in [9.17, 15) is 9.36 Å². The smallest absolute Gasteiger partial charge is 0.463 e. The van der Waals surface area contributed by atoms with E-state index in [1.165, 1.54) is 0 Å². The van der Waals surface area contributed by atoms with Crippen LogP contribution in [0.5, 0.6) is 0 Å². The highest BCUT2D eigenvalue weighted by atomic mass is 31.2. The minimum atomic E-state index is -4.47. The third-order valence-corrected chi connectivity index (χ3v) is 3.15. The largest absolute Gasteiger partial charge is 0.469 e. The van der Waals surface area contributed by atoms with Gasteiger partial charge in [0.2, 0.25) is 0 Å². The summed E-state index contributed by atoms with van der Waals surface area (Å²) < 4.78 is 19.3. The monoisotopic (exact) mass is 254 g/mol. The third kappa shape index (κ3) is 5.61. The van der Waals surface area contributed by atoms with E-state index < -0.39 is 13.2 Å². The molecule has 16 heavy (non-hydrogen) atoms. The van der Waals surface area contributed by atoms with Crippen LogP contribution in [-0.2, 0) is 18.6 Å². The molecule has 0 spiro atoms. The Labute approximate surface area is 95.2 Å². The van der Waals surface area contributed by atoms with Crippen molar-refractivity contribution >= 4 is 13.8 Å². The normalized spacial score (nSPS) is 12.6. The lowest BCUT2D eigenvalue weighted by molar-refractivity contribution is -0.156. The molecule has 2 N–H and O–H groups in total. The highest BCUT2D eigenvalue weighted by Crippen LogP contribution is 2.35. The molecule has 7 heteroatoms. The number of ether oxygens (including phenoxy) is 1. The zero-order valence-corrected chi connectivity index (χ0v) is 10.7. The highest BCUT2D eigenvalue weighted by molar-refractivity contribution is 7.46. The Morgan fingerprint density at radius 2 is 1.75 bits per heavy atom. The summed E-state index contributed by atoms with van der Waals surface area (Å²) in [5, 5.41) is 0. The molecule has 0 saturated heterocycles. The second-order valence-electron chi connectivity index (χ2n) is 3.73. The van der Waals surface area contributed by atoms with Gasteiger partial charge >= 0.3 is 13.8 Å². The van der Waals surface area contributed by atoms with Crippen molar-refractivity contribution in [2.75, 3.05) is 13.2 Å². The van der Waals surface area contributed by atoms with Gasteiger partial charge in [-0.2, -0.15) is 0 Å². The summed E-state index contributed by atoms with van der Waals surface area (Å²) in [4.78, 5) is 28.3. The Bertz CT molecular complexity index is 267. The molecular weight excluding hydrogens is 235 g/mol. The Morgan fingerprint density at radius 1 is 1.25 bits per heavy atom. The molecule has 0 unspecified atom stereocenters. The maximum atomic E-state index is 11.6. The van der Waals surface area contributed by atoms with Crippen molar-refractivity contribution in [1.29, 1.82) is 0 Å². The predicted molar refractivity (Wildman–Crippen MR) is 57.6 cm³/mol. The van der Waals surface area contributed by atoms with Gasteiger partial charge in [0.15, 0.2) is 0 Å². The molecular formula is C9H19O6P. The molecule has 0 fully saturated rings. The van der Waals surface area contributed by atoms with Crippen LogP contribution in [0.25, 0.3) is 0 Å². The van der Waals surface area contributed by atoms with Crippen LogP contribution >= 0.6 is 7.82 Å². The Hall–Kier alpha value is -0.420. The van der Waals surface area contributed by atoms with E-state index in [1.54, 1.807) is 6.92 Å². The van der Waals surface area contributed by atoms with Gasteiger partial charge in [0.25, 0.3) is 0 Å². The SMILES string of the molecule is CCC(C)(CC)C(=O)OCCOP(=O)(O)O. The topological polar surface area (TPSA) is 93.1 Å².